The molecule has 14 heteroatoms. The number of hydrogen-bond acceptors (Lipinski definition) is 9. The Hall–Kier alpha value is -7.87. The number of benzene rings is 5. The molecule has 0 aliphatic carbocycles. The molecule has 0 atom stereocenters. The third-order valence-corrected chi connectivity index (χ3v) is 7.80. The lowest BCUT2D eigenvalue weighted by atomic mass is 10.1. The van der Waals surface area contributed by atoms with Crippen molar-refractivity contribution in [2.45, 2.75) is 0 Å². The normalized spacial score (nSPS) is 10.1. The maximum atomic E-state index is 12.7. The summed E-state index contributed by atoms with van der Waals surface area (Å²) in [4.78, 5) is 53.1. The van der Waals surface area contributed by atoms with Crippen molar-refractivity contribution in [3.8, 4) is 23.0 Å². The molecule has 6 aromatic rings. The number of nitrogens with one attached hydrogen (secondary N) is 5. The summed E-state index contributed by atoms with van der Waals surface area (Å²) in [5.41, 5.74) is 9.52. The second-order valence-electron chi connectivity index (χ2n) is 11.7. The van der Waals surface area contributed by atoms with Gasteiger partial charge in [0.05, 0.1) is 25.6 Å². The Morgan fingerprint density at radius 2 is 1.11 bits per heavy atom. The van der Waals surface area contributed by atoms with Crippen LogP contribution in [0.1, 0.15) is 31.2 Å². The van der Waals surface area contributed by atoms with Crippen molar-refractivity contribution in [3.05, 3.63) is 156 Å². The number of carbonyl (C=O) groups is 4. The SMILES string of the molecule is CNC(=O)c1cc(Oc2ccc(NC(=O)Nc3cc(C(=O)Nc4ccccc4)ccc3OC)cc2)ccn1.COc1ccc(C(=O)Nc2ccccc2)cc1N. The van der Waals surface area contributed by atoms with Gasteiger partial charge in [0.15, 0.2) is 0 Å². The molecule has 7 N–H and O–H groups in total. The quantitative estimate of drug-likeness (QED) is 0.0720. The largest absolute Gasteiger partial charge is 0.495 e. The zero-order valence-corrected chi connectivity index (χ0v) is 30.7. The fraction of sp³-hybridized carbons (Fsp3) is 0.0714. The number of nitrogens with zero attached hydrogens (tertiary/aromatic N) is 1. The number of carbonyl (C=O) groups excluding carboxylic acids is 4. The first-order valence-electron chi connectivity index (χ1n) is 17.0. The lowest BCUT2D eigenvalue weighted by Gasteiger charge is -2.13. The fourth-order valence-electron chi connectivity index (χ4n) is 5.03. The molecule has 0 spiro atoms. The summed E-state index contributed by atoms with van der Waals surface area (Å²) >= 11 is 0. The lowest BCUT2D eigenvalue weighted by Crippen LogP contribution is -2.20. The van der Waals surface area contributed by atoms with Crippen LogP contribution in [-0.2, 0) is 0 Å². The molecule has 0 fully saturated rings. The van der Waals surface area contributed by atoms with Gasteiger partial charge in [-0.05, 0) is 91.0 Å². The van der Waals surface area contributed by atoms with E-state index in [1.807, 2.05) is 48.5 Å². The van der Waals surface area contributed by atoms with Crippen molar-refractivity contribution in [3.63, 3.8) is 0 Å². The first kappa shape index (κ1) is 39.3. The van der Waals surface area contributed by atoms with Crippen LogP contribution in [0.15, 0.2) is 140 Å². The van der Waals surface area contributed by atoms with Crippen LogP contribution in [0, 0.1) is 0 Å². The number of rotatable bonds is 11. The van der Waals surface area contributed by atoms with Gasteiger partial charge in [-0.15, -0.1) is 0 Å². The average Bonchev–Trinajstić information content (AvgIpc) is 3.22. The van der Waals surface area contributed by atoms with Gasteiger partial charge in [0, 0.05) is 47.5 Å². The molecule has 284 valence electrons. The average molecular weight is 754 g/mol. The van der Waals surface area contributed by atoms with E-state index in [1.165, 1.54) is 39.6 Å². The number of nitrogen functional groups attached to an aromatic ring is 1. The van der Waals surface area contributed by atoms with Gasteiger partial charge >= 0.3 is 6.03 Å². The number of anilines is 5. The standard InChI is InChI=1S/C28H25N5O5.C14H14N2O2/c1-29-27(35)24-17-22(14-15-30-24)38-21-11-9-20(10-12-21)32-28(36)33-23-16-18(8-13-25(23)37-2)26(34)31-19-6-4-3-5-7-19;1-18-13-8-7-10(9-12(13)15)14(17)16-11-5-3-2-4-6-11/h3-17H,1-2H3,(H,29,35)(H,31,34)(H2,32,33,36);2-9H,15H2,1H3,(H,16,17). The highest BCUT2D eigenvalue weighted by Crippen LogP contribution is 2.28. The lowest BCUT2D eigenvalue weighted by molar-refractivity contribution is 0.0956. The van der Waals surface area contributed by atoms with Gasteiger partial charge in [-0.2, -0.15) is 0 Å². The summed E-state index contributed by atoms with van der Waals surface area (Å²) in [6.07, 6.45) is 1.48. The Bertz CT molecular complexity index is 2290. The van der Waals surface area contributed by atoms with E-state index in [-0.39, 0.29) is 23.4 Å². The molecule has 0 unspecified atom stereocenters. The Morgan fingerprint density at radius 1 is 0.554 bits per heavy atom. The monoisotopic (exact) mass is 753 g/mol. The van der Waals surface area contributed by atoms with E-state index in [0.29, 0.717) is 56.9 Å². The summed E-state index contributed by atoms with van der Waals surface area (Å²) in [7, 11) is 4.53. The van der Waals surface area contributed by atoms with Crippen molar-refractivity contribution in [2.24, 2.45) is 0 Å². The number of urea groups is 1. The molecule has 0 saturated carbocycles. The number of ether oxygens (including phenoxy) is 3. The van der Waals surface area contributed by atoms with Gasteiger partial charge in [-0.1, -0.05) is 36.4 Å². The molecule has 1 aromatic heterocycles. The van der Waals surface area contributed by atoms with Crippen LogP contribution in [-0.4, -0.2) is 50.0 Å². The van der Waals surface area contributed by atoms with Crippen LogP contribution in [0.25, 0.3) is 0 Å². The van der Waals surface area contributed by atoms with Gasteiger partial charge in [-0.3, -0.25) is 19.4 Å². The maximum absolute atomic E-state index is 12.7. The van der Waals surface area contributed by atoms with Gasteiger partial charge < -0.3 is 46.5 Å². The molecular formula is C42H39N7O7. The first-order chi connectivity index (χ1) is 27.1. The molecule has 0 radical (unpaired) electrons. The number of pyridine rings is 1. The zero-order chi connectivity index (χ0) is 39.9. The van der Waals surface area contributed by atoms with E-state index in [0.717, 1.165) is 5.69 Å². The Balaban J connectivity index is 0.000000278. The van der Waals surface area contributed by atoms with E-state index >= 15 is 0 Å². The Labute approximate surface area is 323 Å². The van der Waals surface area contributed by atoms with E-state index in [9.17, 15) is 19.2 Å². The maximum Gasteiger partial charge on any atom is 0.323 e. The third-order valence-electron chi connectivity index (χ3n) is 7.80. The second kappa shape index (κ2) is 19.3. The Morgan fingerprint density at radius 3 is 1.66 bits per heavy atom. The topological polar surface area (TPSA) is 195 Å². The molecule has 0 aliphatic rings. The number of amides is 5. The summed E-state index contributed by atoms with van der Waals surface area (Å²) in [5.74, 6) is 1.06. The van der Waals surface area contributed by atoms with E-state index in [4.69, 9.17) is 19.9 Å². The molecule has 14 nitrogen and oxygen atoms in total. The minimum absolute atomic E-state index is 0.199. The highest BCUT2D eigenvalue weighted by Gasteiger charge is 2.14. The fourth-order valence-corrected chi connectivity index (χ4v) is 5.03. The number of methoxy groups -OCH3 is 2. The zero-order valence-electron chi connectivity index (χ0n) is 30.7. The smallest absolute Gasteiger partial charge is 0.323 e. The minimum atomic E-state index is -0.526. The molecule has 1 heterocycles. The first-order valence-corrected chi connectivity index (χ1v) is 17.0. The van der Waals surface area contributed by atoms with Gasteiger partial charge in [0.1, 0.15) is 28.7 Å². The van der Waals surface area contributed by atoms with E-state index < -0.39 is 6.03 Å². The summed E-state index contributed by atoms with van der Waals surface area (Å²) in [6.45, 7) is 0. The van der Waals surface area contributed by atoms with Gasteiger partial charge in [-0.25, -0.2) is 4.79 Å². The summed E-state index contributed by atoms with van der Waals surface area (Å²) < 4.78 is 16.1. The molecule has 0 aliphatic heterocycles. The van der Waals surface area contributed by atoms with Crippen LogP contribution >= 0.6 is 0 Å². The molecule has 5 aromatic carbocycles. The van der Waals surface area contributed by atoms with E-state index in [2.05, 4.69) is 31.6 Å². The predicted molar refractivity (Wildman–Crippen MR) is 216 cm³/mol. The van der Waals surface area contributed by atoms with Crippen molar-refractivity contribution in [1.82, 2.24) is 10.3 Å². The van der Waals surface area contributed by atoms with Crippen molar-refractivity contribution in [2.75, 3.05) is 48.3 Å². The summed E-state index contributed by atoms with van der Waals surface area (Å²) in [5, 5.41) is 13.5. The number of para-hydroxylation sites is 2. The van der Waals surface area contributed by atoms with Crippen LogP contribution in [0.3, 0.4) is 0 Å². The molecule has 0 bridgehead atoms. The number of aromatic nitrogens is 1. The predicted octanol–water partition coefficient (Wildman–Crippen LogP) is 7.67. The number of nitrogens with two attached hydrogens (primary N) is 1. The Kier molecular flexibility index (Phi) is 13.5. The van der Waals surface area contributed by atoms with E-state index in [1.54, 1.807) is 72.8 Å². The molecule has 5 amide bonds. The number of hydrogen-bond donors (Lipinski definition) is 6. The van der Waals surface area contributed by atoms with Crippen LogP contribution < -0.4 is 46.5 Å². The van der Waals surface area contributed by atoms with Gasteiger partial charge in [0.2, 0.25) is 0 Å². The summed E-state index contributed by atoms with van der Waals surface area (Å²) in [6, 6.07) is 37.3. The highest BCUT2D eigenvalue weighted by molar-refractivity contribution is 6.07. The molecular weight excluding hydrogens is 715 g/mol. The van der Waals surface area contributed by atoms with Crippen LogP contribution in [0.2, 0.25) is 0 Å². The molecule has 6 rings (SSSR count). The van der Waals surface area contributed by atoms with Gasteiger partial charge in [0.25, 0.3) is 17.7 Å². The van der Waals surface area contributed by atoms with Crippen LogP contribution in [0.5, 0.6) is 23.0 Å². The van der Waals surface area contributed by atoms with Crippen molar-refractivity contribution >= 4 is 52.2 Å². The second-order valence-corrected chi connectivity index (χ2v) is 11.7. The highest BCUT2D eigenvalue weighted by atomic mass is 16.5. The molecule has 56 heavy (non-hydrogen) atoms. The van der Waals surface area contributed by atoms with Crippen molar-refractivity contribution < 1.29 is 33.4 Å². The molecule has 0 saturated heterocycles. The minimum Gasteiger partial charge on any atom is -0.495 e. The van der Waals surface area contributed by atoms with Crippen LogP contribution in [0.4, 0.5) is 33.2 Å². The third kappa shape index (κ3) is 11.1. The van der Waals surface area contributed by atoms with Crippen molar-refractivity contribution in [1.29, 1.82) is 0 Å².